The summed E-state index contributed by atoms with van der Waals surface area (Å²) in [5.41, 5.74) is 4.46. The van der Waals surface area contributed by atoms with Gasteiger partial charge in [0.1, 0.15) is 12.4 Å². The summed E-state index contributed by atoms with van der Waals surface area (Å²) in [5.74, 6) is -0.330. The summed E-state index contributed by atoms with van der Waals surface area (Å²) in [6.07, 6.45) is 1.69. The maximum absolute atomic E-state index is 11.9. The highest BCUT2D eigenvalue weighted by Crippen LogP contribution is 2.22. The largest absolute Gasteiger partial charge is 0.489 e. The van der Waals surface area contributed by atoms with Crippen LogP contribution in [0.15, 0.2) is 59.7 Å². The molecule has 1 aliphatic rings. The van der Waals surface area contributed by atoms with Crippen LogP contribution in [-0.4, -0.2) is 31.1 Å². The molecule has 2 aromatic rings. The van der Waals surface area contributed by atoms with Gasteiger partial charge < -0.3 is 14.2 Å². The molecule has 0 unspecified atom stereocenters. The highest BCUT2D eigenvalue weighted by atomic mass is 16.7. The molecule has 2 aromatic carbocycles. The topological polar surface area (TPSA) is 69.2 Å². The van der Waals surface area contributed by atoms with E-state index in [0.717, 1.165) is 16.9 Å². The molecule has 1 amide bonds. The van der Waals surface area contributed by atoms with Crippen LogP contribution in [0.1, 0.15) is 24.5 Å². The second-order valence-electron chi connectivity index (χ2n) is 6.14. The van der Waals surface area contributed by atoms with Crippen molar-refractivity contribution in [2.75, 3.05) is 13.2 Å². The molecule has 0 saturated carbocycles. The van der Waals surface area contributed by atoms with Gasteiger partial charge >= 0.3 is 0 Å². The van der Waals surface area contributed by atoms with Crippen molar-refractivity contribution in [1.82, 2.24) is 5.43 Å². The van der Waals surface area contributed by atoms with Crippen molar-refractivity contribution in [3.63, 3.8) is 0 Å². The Balaban J connectivity index is 1.44. The maximum Gasteiger partial charge on any atom is 0.245 e. The fraction of sp³-hybridized carbons (Fsp3) is 0.300. The summed E-state index contributed by atoms with van der Waals surface area (Å²) in [5, 5.41) is 3.96. The van der Waals surface area contributed by atoms with Crippen molar-refractivity contribution in [1.29, 1.82) is 0 Å². The number of nitrogens with one attached hydrogen (secondary N) is 1. The van der Waals surface area contributed by atoms with E-state index in [1.54, 1.807) is 13.1 Å². The van der Waals surface area contributed by atoms with E-state index in [-0.39, 0.29) is 12.3 Å². The molecule has 0 radical (unpaired) electrons. The molecule has 136 valence electrons. The predicted octanol–water partition coefficient (Wildman–Crippen LogP) is 2.87. The highest BCUT2D eigenvalue weighted by molar-refractivity contribution is 5.82. The lowest BCUT2D eigenvalue weighted by Crippen LogP contribution is -2.33. The number of carbonyl (C=O) groups is 1. The van der Waals surface area contributed by atoms with Gasteiger partial charge in [-0.15, -0.1) is 0 Å². The summed E-state index contributed by atoms with van der Waals surface area (Å²) < 4.78 is 16.5. The fourth-order valence-electron chi connectivity index (χ4n) is 2.56. The van der Waals surface area contributed by atoms with Gasteiger partial charge in [-0.2, -0.15) is 5.10 Å². The zero-order chi connectivity index (χ0) is 18.2. The van der Waals surface area contributed by atoms with E-state index in [1.165, 1.54) is 0 Å². The number of amides is 1. The van der Waals surface area contributed by atoms with Gasteiger partial charge in [0.25, 0.3) is 0 Å². The highest BCUT2D eigenvalue weighted by Gasteiger charge is 2.33. The number of hydrogen-bond donors (Lipinski definition) is 1. The van der Waals surface area contributed by atoms with Crippen LogP contribution < -0.4 is 10.2 Å². The fourth-order valence-corrected chi connectivity index (χ4v) is 2.56. The van der Waals surface area contributed by atoms with Crippen LogP contribution in [0.2, 0.25) is 0 Å². The number of ether oxygens (including phenoxy) is 3. The lowest BCUT2D eigenvalue weighted by molar-refractivity contribution is -0.159. The van der Waals surface area contributed by atoms with E-state index in [9.17, 15) is 4.79 Å². The molecule has 1 aliphatic heterocycles. The van der Waals surface area contributed by atoms with E-state index in [2.05, 4.69) is 10.5 Å². The maximum atomic E-state index is 11.9. The standard InChI is InChI=1S/C20H22N2O4/c1-20(25-11-12-26-20)13-19(23)22-21-14-16-7-9-18(10-8-16)24-15-17-5-3-2-4-6-17/h2-10,14H,11-13,15H2,1H3,(H,22,23)/b21-14-. The zero-order valence-corrected chi connectivity index (χ0v) is 14.7. The van der Waals surface area contributed by atoms with Gasteiger partial charge in [-0.3, -0.25) is 4.79 Å². The van der Waals surface area contributed by atoms with Gasteiger partial charge in [-0.05, 0) is 42.3 Å². The third-order valence-electron chi connectivity index (χ3n) is 3.91. The number of benzene rings is 2. The molecule has 1 N–H and O–H groups in total. The van der Waals surface area contributed by atoms with Crippen molar-refractivity contribution < 1.29 is 19.0 Å². The molecule has 1 fully saturated rings. The first-order valence-electron chi connectivity index (χ1n) is 8.50. The zero-order valence-electron chi connectivity index (χ0n) is 14.7. The van der Waals surface area contributed by atoms with Crippen LogP contribution in [0.3, 0.4) is 0 Å². The summed E-state index contributed by atoms with van der Waals surface area (Å²) in [7, 11) is 0. The SMILES string of the molecule is CC1(CC(=O)N/N=C\c2ccc(OCc3ccccc3)cc2)OCCO1. The lowest BCUT2D eigenvalue weighted by atomic mass is 10.2. The predicted molar refractivity (Wildman–Crippen MR) is 97.9 cm³/mol. The van der Waals surface area contributed by atoms with Crippen LogP contribution >= 0.6 is 0 Å². The Morgan fingerprint density at radius 2 is 1.85 bits per heavy atom. The normalized spacial score (nSPS) is 15.9. The number of hydrogen-bond acceptors (Lipinski definition) is 5. The van der Waals surface area contributed by atoms with E-state index >= 15 is 0 Å². The Bertz CT molecular complexity index is 738. The third-order valence-corrected chi connectivity index (χ3v) is 3.91. The van der Waals surface area contributed by atoms with Gasteiger partial charge in [0.15, 0.2) is 5.79 Å². The van der Waals surface area contributed by atoms with Crippen molar-refractivity contribution in [2.24, 2.45) is 5.10 Å². The summed E-state index contributed by atoms with van der Waals surface area (Å²) in [4.78, 5) is 11.9. The summed E-state index contributed by atoms with van der Waals surface area (Å²) in [6, 6.07) is 17.5. The van der Waals surface area contributed by atoms with E-state index < -0.39 is 5.79 Å². The Labute approximate surface area is 152 Å². The van der Waals surface area contributed by atoms with Crippen molar-refractivity contribution in [3.8, 4) is 5.75 Å². The van der Waals surface area contributed by atoms with Crippen molar-refractivity contribution >= 4 is 12.1 Å². The minimum atomic E-state index is -0.850. The third kappa shape index (κ3) is 5.40. The van der Waals surface area contributed by atoms with E-state index in [1.807, 2.05) is 54.6 Å². The van der Waals surface area contributed by atoms with Gasteiger partial charge in [0, 0.05) is 0 Å². The first-order chi connectivity index (χ1) is 12.6. The smallest absolute Gasteiger partial charge is 0.245 e. The average Bonchev–Trinajstić information content (AvgIpc) is 3.08. The van der Waals surface area contributed by atoms with Crippen LogP contribution in [0, 0.1) is 0 Å². The molecule has 0 aromatic heterocycles. The number of rotatable bonds is 7. The van der Waals surface area contributed by atoms with E-state index in [4.69, 9.17) is 14.2 Å². The Morgan fingerprint density at radius 1 is 1.15 bits per heavy atom. The monoisotopic (exact) mass is 354 g/mol. The second-order valence-corrected chi connectivity index (χ2v) is 6.14. The van der Waals surface area contributed by atoms with Gasteiger partial charge in [-0.25, -0.2) is 5.43 Å². The molecule has 6 nitrogen and oxygen atoms in total. The lowest BCUT2D eigenvalue weighted by Gasteiger charge is -2.20. The molecular formula is C20H22N2O4. The molecule has 0 bridgehead atoms. The molecule has 0 spiro atoms. The van der Waals surface area contributed by atoms with Gasteiger partial charge in [-0.1, -0.05) is 30.3 Å². The first kappa shape index (κ1) is 18.1. The van der Waals surface area contributed by atoms with Crippen LogP contribution in [0.25, 0.3) is 0 Å². The van der Waals surface area contributed by atoms with Gasteiger partial charge in [0.2, 0.25) is 5.91 Å². The second kappa shape index (κ2) is 8.60. The quantitative estimate of drug-likeness (QED) is 0.613. The van der Waals surface area contributed by atoms with Gasteiger partial charge in [0.05, 0.1) is 25.8 Å². The molecule has 26 heavy (non-hydrogen) atoms. The Kier molecular flexibility index (Phi) is 5.99. The summed E-state index contributed by atoms with van der Waals surface area (Å²) in [6.45, 7) is 3.28. The molecule has 1 saturated heterocycles. The number of hydrazone groups is 1. The average molecular weight is 354 g/mol. The molecular weight excluding hydrogens is 332 g/mol. The Morgan fingerprint density at radius 3 is 2.54 bits per heavy atom. The molecule has 3 rings (SSSR count). The summed E-state index contributed by atoms with van der Waals surface area (Å²) >= 11 is 0. The molecule has 0 aliphatic carbocycles. The van der Waals surface area contributed by atoms with Crippen molar-refractivity contribution in [3.05, 3.63) is 65.7 Å². The van der Waals surface area contributed by atoms with Crippen LogP contribution in [-0.2, 0) is 20.9 Å². The molecule has 6 heteroatoms. The minimum Gasteiger partial charge on any atom is -0.489 e. The number of nitrogens with zero attached hydrogens (tertiary/aromatic N) is 1. The Hall–Kier alpha value is -2.70. The first-order valence-corrected chi connectivity index (χ1v) is 8.50. The van der Waals surface area contributed by atoms with Crippen LogP contribution in [0.5, 0.6) is 5.75 Å². The molecule has 1 heterocycles. The number of carbonyl (C=O) groups excluding carboxylic acids is 1. The van der Waals surface area contributed by atoms with Crippen LogP contribution in [0.4, 0.5) is 0 Å². The molecule has 0 atom stereocenters. The van der Waals surface area contributed by atoms with E-state index in [0.29, 0.717) is 19.8 Å². The van der Waals surface area contributed by atoms with Crippen molar-refractivity contribution in [2.45, 2.75) is 25.7 Å². The minimum absolute atomic E-state index is 0.108.